The number of likely N-dealkylation sites (N-methyl/N-ethyl adjacent to an activating group) is 1. The second kappa shape index (κ2) is 7.64. The van der Waals surface area contributed by atoms with Crippen LogP contribution in [0.25, 0.3) is 0 Å². The van der Waals surface area contributed by atoms with Crippen LogP contribution in [0, 0.1) is 5.41 Å². The Labute approximate surface area is 120 Å². The van der Waals surface area contributed by atoms with Gasteiger partial charge < -0.3 is 10.1 Å². The number of hydrogen-bond donors (Lipinski definition) is 1. The second-order valence-corrected chi connectivity index (χ2v) is 7.04. The topological polar surface area (TPSA) is 21.3 Å². The third kappa shape index (κ3) is 4.75. The maximum Gasteiger partial charge on any atom is 0.0831 e. The van der Waals surface area contributed by atoms with Crippen LogP contribution >= 0.6 is 0 Å². The molecule has 0 aromatic carbocycles. The average Bonchev–Trinajstić information content (AvgIpc) is 2.39. The molecule has 1 atom stereocenters. The Hall–Kier alpha value is -0.0800. The van der Waals surface area contributed by atoms with Crippen molar-refractivity contribution in [3.8, 4) is 0 Å². The minimum Gasteiger partial charge on any atom is -0.377 e. The highest BCUT2D eigenvalue weighted by Gasteiger charge is 2.43. The van der Waals surface area contributed by atoms with E-state index in [1.807, 2.05) is 7.11 Å². The molecule has 2 heteroatoms. The molecule has 0 spiro atoms. The van der Waals surface area contributed by atoms with Gasteiger partial charge in [-0.2, -0.15) is 0 Å². The van der Waals surface area contributed by atoms with Crippen LogP contribution in [0.1, 0.15) is 79.1 Å². The SMILES string of the molecule is CCCCCC(NCC)C1(OC)CCC(C)(C)CC1. The normalized spacial score (nSPS) is 23.2. The van der Waals surface area contributed by atoms with Crippen molar-refractivity contribution in [1.29, 1.82) is 0 Å². The fourth-order valence-corrected chi connectivity index (χ4v) is 3.44. The first kappa shape index (κ1) is 17.0. The van der Waals surface area contributed by atoms with Crippen molar-refractivity contribution in [2.75, 3.05) is 13.7 Å². The lowest BCUT2D eigenvalue weighted by molar-refractivity contribution is -0.0879. The summed E-state index contributed by atoms with van der Waals surface area (Å²) >= 11 is 0. The van der Waals surface area contributed by atoms with Gasteiger partial charge in [0.2, 0.25) is 0 Å². The van der Waals surface area contributed by atoms with E-state index in [1.54, 1.807) is 0 Å². The monoisotopic (exact) mass is 269 g/mol. The Balaban J connectivity index is 2.66. The number of methoxy groups -OCH3 is 1. The fraction of sp³-hybridized carbons (Fsp3) is 1.00. The molecule has 0 amide bonds. The summed E-state index contributed by atoms with van der Waals surface area (Å²) in [5, 5.41) is 3.71. The molecule has 2 nitrogen and oxygen atoms in total. The summed E-state index contributed by atoms with van der Waals surface area (Å²) in [6.07, 6.45) is 10.2. The quantitative estimate of drug-likeness (QED) is 0.654. The number of unbranched alkanes of at least 4 members (excludes halogenated alkanes) is 2. The molecule has 0 radical (unpaired) electrons. The largest absolute Gasteiger partial charge is 0.377 e. The first-order valence-electron chi connectivity index (χ1n) is 8.28. The van der Waals surface area contributed by atoms with Crippen LogP contribution in [0.2, 0.25) is 0 Å². The van der Waals surface area contributed by atoms with Crippen LogP contribution in [0.3, 0.4) is 0 Å². The van der Waals surface area contributed by atoms with Gasteiger partial charge in [0, 0.05) is 13.2 Å². The van der Waals surface area contributed by atoms with E-state index in [-0.39, 0.29) is 5.60 Å². The highest BCUT2D eigenvalue weighted by atomic mass is 16.5. The third-order valence-electron chi connectivity index (χ3n) is 5.04. The summed E-state index contributed by atoms with van der Waals surface area (Å²) in [7, 11) is 1.92. The summed E-state index contributed by atoms with van der Waals surface area (Å²) in [4.78, 5) is 0. The van der Waals surface area contributed by atoms with Crippen LogP contribution in [-0.2, 0) is 4.74 Å². The van der Waals surface area contributed by atoms with Crippen LogP contribution < -0.4 is 5.32 Å². The van der Waals surface area contributed by atoms with Crippen molar-refractivity contribution in [2.24, 2.45) is 5.41 Å². The maximum atomic E-state index is 6.05. The molecular formula is C17H35NO. The lowest BCUT2D eigenvalue weighted by Crippen LogP contribution is -2.54. The number of ether oxygens (including phenoxy) is 1. The molecule has 1 saturated carbocycles. The summed E-state index contributed by atoms with van der Waals surface area (Å²) in [5.74, 6) is 0. The van der Waals surface area contributed by atoms with E-state index < -0.39 is 0 Å². The standard InChI is InChI=1S/C17H35NO/c1-6-8-9-10-15(18-7-2)17(19-5)13-11-16(3,4)12-14-17/h15,18H,6-14H2,1-5H3. The molecule has 1 unspecified atom stereocenters. The smallest absolute Gasteiger partial charge is 0.0831 e. The summed E-state index contributed by atoms with van der Waals surface area (Å²) < 4.78 is 6.05. The molecule has 19 heavy (non-hydrogen) atoms. The Morgan fingerprint density at radius 1 is 1.05 bits per heavy atom. The second-order valence-electron chi connectivity index (χ2n) is 7.04. The molecule has 1 aliphatic rings. The Bertz CT molecular complexity index is 240. The van der Waals surface area contributed by atoms with Crippen LogP contribution in [0.4, 0.5) is 0 Å². The highest BCUT2D eigenvalue weighted by molar-refractivity contribution is 4.98. The molecule has 1 fully saturated rings. The van der Waals surface area contributed by atoms with E-state index in [0.29, 0.717) is 11.5 Å². The molecule has 0 aromatic rings. The van der Waals surface area contributed by atoms with E-state index >= 15 is 0 Å². The molecule has 1 aliphatic carbocycles. The third-order valence-corrected chi connectivity index (χ3v) is 5.04. The van der Waals surface area contributed by atoms with Crippen molar-refractivity contribution in [3.05, 3.63) is 0 Å². The molecular weight excluding hydrogens is 234 g/mol. The van der Waals surface area contributed by atoms with Gasteiger partial charge in [-0.1, -0.05) is 47.0 Å². The van der Waals surface area contributed by atoms with Crippen molar-refractivity contribution in [1.82, 2.24) is 5.32 Å². The first-order chi connectivity index (χ1) is 8.99. The van der Waals surface area contributed by atoms with E-state index in [9.17, 15) is 0 Å². The van der Waals surface area contributed by atoms with Crippen molar-refractivity contribution in [3.63, 3.8) is 0 Å². The van der Waals surface area contributed by atoms with Crippen molar-refractivity contribution < 1.29 is 4.74 Å². The molecule has 0 heterocycles. The molecule has 0 saturated heterocycles. The number of nitrogens with one attached hydrogen (secondary N) is 1. The van der Waals surface area contributed by atoms with Gasteiger partial charge in [0.15, 0.2) is 0 Å². The minimum atomic E-state index is 0.0826. The zero-order chi connectivity index (χ0) is 14.4. The predicted molar refractivity (Wildman–Crippen MR) is 83.6 cm³/mol. The highest BCUT2D eigenvalue weighted by Crippen LogP contribution is 2.44. The minimum absolute atomic E-state index is 0.0826. The molecule has 1 rings (SSSR count). The van der Waals surface area contributed by atoms with Gasteiger partial charge in [-0.05, 0) is 44.1 Å². The Kier molecular flexibility index (Phi) is 6.82. The average molecular weight is 269 g/mol. The van der Waals surface area contributed by atoms with E-state index in [1.165, 1.54) is 51.4 Å². The predicted octanol–water partition coefficient (Wildman–Crippen LogP) is 4.53. The van der Waals surface area contributed by atoms with Gasteiger partial charge in [-0.15, -0.1) is 0 Å². The molecule has 0 bridgehead atoms. The molecule has 114 valence electrons. The van der Waals surface area contributed by atoms with Gasteiger partial charge in [0.05, 0.1) is 5.60 Å². The summed E-state index contributed by atoms with van der Waals surface area (Å²) in [6, 6.07) is 0.533. The zero-order valence-electron chi connectivity index (χ0n) is 13.8. The van der Waals surface area contributed by atoms with Gasteiger partial charge >= 0.3 is 0 Å². The summed E-state index contributed by atoms with van der Waals surface area (Å²) in [6.45, 7) is 10.3. The zero-order valence-corrected chi connectivity index (χ0v) is 13.8. The molecule has 0 aliphatic heterocycles. The summed E-state index contributed by atoms with van der Waals surface area (Å²) in [5.41, 5.74) is 0.585. The van der Waals surface area contributed by atoms with Gasteiger partial charge in [-0.25, -0.2) is 0 Å². The lowest BCUT2D eigenvalue weighted by Gasteiger charge is -2.47. The van der Waals surface area contributed by atoms with Crippen LogP contribution in [0.15, 0.2) is 0 Å². The van der Waals surface area contributed by atoms with Gasteiger partial charge in [-0.3, -0.25) is 0 Å². The van der Waals surface area contributed by atoms with E-state index in [4.69, 9.17) is 4.74 Å². The Morgan fingerprint density at radius 2 is 1.68 bits per heavy atom. The Morgan fingerprint density at radius 3 is 2.16 bits per heavy atom. The maximum absolute atomic E-state index is 6.05. The van der Waals surface area contributed by atoms with Crippen molar-refractivity contribution >= 4 is 0 Å². The fourth-order valence-electron chi connectivity index (χ4n) is 3.44. The number of hydrogen-bond acceptors (Lipinski definition) is 2. The van der Waals surface area contributed by atoms with Crippen LogP contribution in [-0.4, -0.2) is 25.3 Å². The first-order valence-corrected chi connectivity index (χ1v) is 8.28. The van der Waals surface area contributed by atoms with Crippen molar-refractivity contribution in [2.45, 2.75) is 90.7 Å². The van der Waals surface area contributed by atoms with E-state index in [2.05, 4.69) is 33.0 Å². The van der Waals surface area contributed by atoms with E-state index in [0.717, 1.165) is 6.54 Å². The molecule has 1 N–H and O–H groups in total. The van der Waals surface area contributed by atoms with Gasteiger partial charge in [0.1, 0.15) is 0 Å². The number of rotatable bonds is 8. The van der Waals surface area contributed by atoms with Crippen LogP contribution in [0.5, 0.6) is 0 Å². The molecule has 0 aromatic heterocycles. The lowest BCUT2D eigenvalue weighted by atomic mass is 9.67. The van der Waals surface area contributed by atoms with Gasteiger partial charge in [0.25, 0.3) is 0 Å².